The van der Waals surface area contributed by atoms with Gasteiger partial charge in [-0.15, -0.1) is 0 Å². The Kier molecular flexibility index (Phi) is 2.99. The van der Waals surface area contributed by atoms with Crippen LogP contribution in [-0.4, -0.2) is 33.0 Å². The zero-order valence-corrected chi connectivity index (χ0v) is 12.5. The summed E-state index contributed by atoms with van der Waals surface area (Å²) >= 11 is 1.73. The van der Waals surface area contributed by atoms with Gasteiger partial charge >= 0.3 is 0 Å². The summed E-state index contributed by atoms with van der Waals surface area (Å²) < 4.78 is 0. The molecule has 1 aliphatic rings. The molecule has 3 heterocycles. The molecular formula is C14H16N6S. The number of hydrogen-bond donors (Lipinski definition) is 2. The van der Waals surface area contributed by atoms with Gasteiger partial charge in [0.1, 0.15) is 5.52 Å². The first kappa shape index (κ1) is 12.6. The van der Waals surface area contributed by atoms with Crippen molar-refractivity contribution in [1.29, 1.82) is 0 Å². The molecule has 7 heteroatoms. The van der Waals surface area contributed by atoms with Gasteiger partial charge in [-0.1, -0.05) is 0 Å². The number of hydrogen-bond acceptors (Lipinski definition) is 6. The average Bonchev–Trinajstić information content (AvgIpc) is 3.02. The van der Waals surface area contributed by atoms with Crippen LogP contribution in [0.2, 0.25) is 0 Å². The van der Waals surface area contributed by atoms with Gasteiger partial charge in [0, 0.05) is 19.6 Å². The summed E-state index contributed by atoms with van der Waals surface area (Å²) in [5.41, 5.74) is 2.95. The van der Waals surface area contributed by atoms with Crippen molar-refractivity contribution in [3.8, 4) is 0 Å². The third-order valence-electron chi connectivity index (χ3n) is 3.68. The minimum Gasteiger partial charge on any atom is -0.357 e. The van der Waals surface area contributed by atoms with Crippen molar-refractivity contribution in [1.82, 2.24) is 19.9 Å². The zero-order valence-electron chi connectivity index (χ0n) is 11.7. The number of nitrogens with zero attached hydrogens (tertiary/aromatic N) is 4. The molecule has 0 aromatic carbocycles. The number of H-pyrrole nitrogens is 1. The number of rotatable bonds is 5. The molecule has 0 unspecified atom stereocenters. The maximum absolute atomic E-state index is 4.67. The molecule has 1 saturated carbocycles. The number of imidazole rings is 1. The number of thiophene rings is 1. The average molecular weight is 300 g/mol. The van der Waals surface area contributed by atoms with Crippen LogP contribution in [0.5, 0.6) is 0 Å². The van der Waals surface area contributed by atoms with Crippen molar-refractivity contribution in [3.63, 3.8) is 0 Å². The van der Waals surface area contributed by atoms with E-state index in [2.05, 4.69) is 47.0 Å². The fourth-order valence-electron chi connectivity index (χ4n) is 2.48. The number of anilines is 2. The predicted molar refractivity (Wildman–Crippen MR) is 84.8 cm³/mol. The largest absolute Gasteiger partial charge is 0.357 e. The lowest BCUT2D eigenvalue weighted by Gasteiger charge is -2.23. The quantitative estimate of drug-likeness (QED) is 0.758. The van der Waals surface area contributed by atoms with Gasteiger partial charge in [-0.3, -0.25) is 0 Å². The molecule has 0 spiro atoms. The van der Waals surface area contributed by atoms with E-state index in [1.54, 1.807) is 17.7 Å². The number of aromatic amines is 1. The topological polar surface area (TPSA) is 69.7 Å². The van der Waals surface area contributed by atoms with Crippen molar-refractivity contribution in [2.75, 3.05) is 17.3 Å². The number of fused-ring (bicyclic) bond motifs is 1. The first-order chi connectivity index (χ1) is 10.3. The lowest BCUT2D eigenvalue weighted by molar-refractivity contribution is 0.782. The Balaban J connectivity index is 1.79. The summed E-state index contributed by atoms with van der Waals surface area (Å²) in [7, 11) is 1.83. The van der Waals surface area contributed by atoms with Gasteiger partial charge in [0.15, 0.2) is 11.5 Å². The molecule has 0 bridgehead atoms. The third-order valence-corrected chi connectivity index (χ3v) is 4.41. The molecule has 2 N–H and O–H groups in total. The van der Waals surface area contributed by atoms with Crippen LogP contribution in [0, 0.1) is 0 Å². The van der Waals surface area contributed by atoms with Gasteiger partial charge in [-0.2, -0.15) is 21.3 Å². The van der Waals surface area contributed by atoms with Crippen LogP contribution in [0.3, 0.4) is 0 Å². The molecule has 3 aromatic rings. The van der Waals surface area contributed by atoms with Gasteiger partial charge in [0.2, 0.25) is 5.95 Å². The molecule has 0 amide bonds. The SMILES string of the molecule is CNc1nc(N(Cc2ccsc2)C2CC2)c2[nH]cnc2n1. The van der Waals surface area contributed by atoms with Gasteiger partial charge in [0.25, 0.3) is 0 Å². The normalized spacial score (nSPS) is 14.5. The highest BCUT2D eigenvalue weighted by Gasteiger charge is 2.32. The maximum Gasteiger partial charge on any atom is 0.226 e. The Morgan fingerprint density at radius 3 is 3.05 bits per heavy atom. The second-order valence-corrected chi connectivity index (χ2v) is 5.99. The van der Waals surface area contributed by atoms with Crippen molar-refractivity contribution in [3.05, 3.63) is 28.7 Å². The fraction of sp³-hybridized carbons (Fsp3) is 0.357. The minimum absolute atomic E-state index is 0.566. The van der Waals surface area contributed by atoms with Gasteiger partial charge in [0.05, 0.1) is 6.33 Å². The molecule has 21 heavy (non-hydrogen) atoms. The molecule has 6 nitrogen and oxygen atoms in total. The molecule has 1 fully saturated rings. The first-order valence-electron chi connectivity index (χ1n) is 7.02. The van der Waals surface area contributed by atoms with Crippen molar-refractivity contribution in [2.45, 2.75) is 25.4 Å². The second kappa shape index (κ2) is 5.00. The second-order valence-electron chi connectivity index (χ2n) is 5.21. The Bertz CT molecular complexity index is 746. The highest BCUT2D eigenvalue weighted by molar-refractivity contribution is 7.07. The summed E-state index contributed by atoms with van der Waals surface area (Å²) in [6.07, 6.45) is 4.12. The molecule has 4 rings (SSSR count). The standard InChI is InChI=1S/C14H16N6S/c1-15-14-18-12-11(16-8-17-12)13(19-14)20(10-2-3-10)6-9-4-5-21-7-9/h4-5,7-8,10H,2-3,6H2,1H3,(H2,15,16,17,18,19). The molecule has 0 atom stereocenters. The molecule has 108 valence electrons. The Labute approximate surface area is 126 Å². The maximum atomic E-state index is 4.67. The summed E-state index contributed by atoms with van der Waals surface area (Å²) in [4.78, 5) is 18.9. The van der Waals surface area contributed by atoms with E-state index in [0.717, 1.165) is 17.9 Å². The van der Waals surface area contributed by atoms with Crippen molar-refractivity contribution >= 4 is 34.3 Å². The highest BCUT2D eigenvalue weighted by atomic mass is 32.1. The van der Waals surface area contributed by atoms with Crippen molar-refractivity contribution < 1.29 is 0 Å². The molecule has 0 radical (unpaired) electrons. The smallest absolute Gasteiger partial charge is 0.226 e. The monoisotopic (exact) mass is 300 g/mol. The fourth-order valence-corrected chi connectivity index (χ4v) is 3.14. The minimum atomic E-state index is 0.566. The summed E-state index contributed by atoms with van der Waals surface area (Å²) in [6, 6.07) is 2.74. The molecular weight excluding hydrogens is 284 g/mol. The predicted octanol–water partition coefficient (Wildman–Crippen LogP) is 2.63. The molecule has 3 aromatic heterocycles. The number of aromatic nitrogens is 4. The van der Waals surface area contributed by atoms with E-state index in [1.165, 1.54) is 18.4 Å². The van der Waals surface area contributed by atoms with E-state index in [1.807, 2.05) is 7.05 Å². The van der Waals surface area contributed by atoms with Gasteiger partial charge in [-0.05, 0) is 35.2 Å². The van der Waals surface area contributed by atoms with Crippen LogP contribution in [0.1, 0.15) is 18.4 Å². The van der Waals surface area contributed by atoms with Crippen LogP contribution in [0.4, 0.5) is 11.8 Å². The van der Waals surface area contributed by atoms with Crippen LogP contribution in [-0.2, 0) is 6.54 Å². The Hall–Kier alpha value is -2.15. The lowest BCUT2D eigenvalue weighted by atomic mass is 10.3. The van der Waals surface area contributed by atoms with E-state index in [-0.39, 0.29) is 0 Å². The summed E-state index contributed by atoms with van der Waals surface area (Å²) in [5, 5.41) is 7.33. The molecule has 0 aliphatic heterocycles. The van der Waals surface area contributed by atoms with E-state index in [0.29, 0.717) is 17.6 Å². The van der Waals surface area contributed by atoms with Crippen molar-refractivity contribution in [2.24, 2.45) is 0 Å². The van der Waals surface area contributed by atoms with Crippen LogP contribution in [0.15, 0.2) is 23.2 Å². The van der Waals surface area contributed by atoms with E-state index < -0.39 is 0 Å². The Morgan fingerprint density at radius 2 is 2.33 bits per heavy atom. The summed E-state index contributed by atoms with van der Waals surface area (Å²) in [6.45, 7) is 0.877. The van der Waals surface area contributed by atoms with Crippen LogP contribution >= 0.6 is 11.3 Å². The van der Waals surface area contributed by atoms with E-state index in [4.69, 9.17) is 0 Å². The van der Waals surface area contributed by atoms with Crippen LogP contribution < -0.4 is 10.2 Å². The Morgan fingerprint density at radius 1 is 1.43 bits per heavy atom. The molecule has 1 aliphatic carbocycles. The molecule has 0 saturated heterocycles. The summed E-state index contributed by atoms with van der Waals surface area (Å²) in [5.74, 6) is 1.55. The van der Waals surface area contributed by atoms with E-state index in [9.17, 15) is 0 Å². The third kappa shape index (κ3) is 2.33. The number of nitrogens with one attached hydrogen (secondary N) is 2. The van der Waals surface area contributed by atoms with Crippen LogP contribution in [0.25, 0.3) is 11.2 Å². The highest BCUT2D eigenvalue weighted by Crippen LogP contribution is 2.35. The lowest BCUT2D eigenvalue weighted by Crippen LogP contribution is -2.26. The zero-order chi connectivity index (χ0) is 14.2. The van der Waals surface area contributed by atoms with E-state index >= 15 is 0 Å². The first-order valence-corrected chi connectivity index (χ1v) is 7.96. The van der Waals surface area contributed by atoms with Gasteiger partial charge < -0.3 is 15.2 Å². The van der Waals surface area contributed by atoms with Gasteiger partial charge in [-0.25, -0.2) is 4.98 Å².